The molecule has 1 aromatic rings. The van der Waals surface area contributed by atoms with Gasteiger partial charge >= 0.3 is 5.97 Å². The van der Waals surface area contributed by atoms with Crippen molar-refractivity contribution in [1.29, 1.82) is 0 Å². The highest BCUT2D eigenvalue weighted by Gasteiger charge is 2.26. The Labute approximate surface area is 112 Å². The predicted octanol–water partition coefficient (Wildman–Crippen LogP) is 1.00. The lowest BCUT2D eigenvalue weighted by Gasteiger charge is -2.38. The van der Waals surface area contributed by atoms with Crippen molar-refractivity contribution in [2.24, 2.45) is 0 Å². The molecule has 0 radical (unpaired) electrons. The fourth-order valence-electron chi connectivity index (χ4n) is 2.10. The van der Waals surface area contributed by atoms with Gasteiger partial charge in [0, 0.05) is 19.2 Å². The van der Waals surface area contributed by atoms with E-state index in [9.17, 15) is 4.79 Å². The third kappa shape index (κ3) is 3.20. The van der Waals surface area contributed by atoms with Gasteiger partial charge in [-0.05, 0) is 25.7 Å². The van der Waals surface area contributed by atoms with E-state index in [1.807, 2.05) is 0 Å². The minimum Gasteiger partial charge on any atom is -0.464 e. The van der Waals surface area contributed by atoms with Crippen LogP contribution in [-0.4, -0.2) is 47.3 Å². The number of aliphatic hydroxyl groups excluding tert-OH is 1. The van der Waals surface area contributed by atoms with E-state index >= 15 is 0 Å². The molecular weight excluding hydrogens is 246 g/mol. The van der Waals surface area contributed by atoms with Crippen LogP contribution in [0.1, 0.15) is 36.2 Å². The maximum Gasteiger partial charge on any atom is 0.358 e. The van der Waals surface area contributed by atoms with Gasteiger partial charge in [0.05, 0.1) is 19.5 Å². The Kier molecular flexibility index (Phi) is 4.68. The minimum atomic E-state index is -0.482. The van der Waals surface area contributed by atoms with Crippen LogP contribution in [0, 0.1) is 0 Å². The van der Waals surface area contributed by atoms with Crippen LogP contribution in [0.5, 0.6) is 0 Å². The molecule has 1 heterocycles. The van der Waals surface area contributed by atoms with E-state index < -0.39 is 5.97 Å². The van der Waals surface area contributed by atoms with Gasteiger partial charge in [-0.15, -0.1) is 0 Å². The summed E-state index contributed by atoms with van der Waals surface area (Å²) in [6.07, 6.45) is 7.26. The number of carbonyl (C=O) groups excluding carboxylic acids is 1. The summed E-state index contributed by atoms with van der Waals surface area (Å²) in [6, 6.07) is 0.477. The molecule has 1 N–H and O–H groups in total. The second kappa shape index (κ2) is 6.47. The van der Waals surface area contributed by atoms with Gasteiger partial charge in [-0.3, -0.25) is 0 Å². The third-order valence-corrected chi connectivity index (χ3v) is 3.40. The van der Waals surface area contributed by atoms with E-state index in [2.05, 4.69) is 19.6 Å². The van der Waals surface area contributed by atoms with Crippen LogP contribution in [0.3, 0.4) is 0 Å². The Morgan fingerprint density at radius 3 is 2.74 bits per heavy atom. The van der Waals surface area contributed by atoms with E-state index in [0.29, 0.717) is 12.5 Å². The zero-order valence-electron chi connectivity index (χ0n) is 11.1. The number of aliphatic hydroxyl groups is 1. The first-order chi connectivity index (χ1) is 9.26. The number of aromatic nitrogens is 2. The molecule has 1 fully saturated rings. The number of ether oxygens (including phenoxy) is 1. The second-order valence-corrected chi connectivity index (χ2v) is 4.61. The number of hydrogen-bond acceptors (Lipinski definition) is 6. The molecule has 0 atom stereocenters. The van der Waals surface area contributed by atoms with E-state index in [0.717, 1.165) is 25.2 Å². The number of nitrogens with zero attached hydrogens (tertiary/aromatic N) is 3. The van der Waals surface area contributed by atoms with Crippen molar-refractivity contribution < 1.29 is 14.6 Å². The summed E-state index contributed by atoms with van der Waals surface area (Å²) >= 11 is 0. The van der Waals surface area contributed by atoms with Crippen molar-refractivity contribution in [2.45, 2.75) is 31.7 Å². The molecule has 6 nitrogen and oxygen atoms in total. The standard InChI is InChI=1S/C13H19N3O3/c1-19-13(18)11-8-15-12(9-14-11)16(6-3-7-17)10-4-2-5-10/h8-10,17H,2-7H2,1H3. The zero-order valence-corrected chi connectivity index (χ0v) is 11.1. The quantitative estimate of drug-likeness (QED) is 0.773. The van der Waals surface area contributed by atoms with Crippen LogP contribution in [0.25, 0.3) is 0 Å². The lowest BCUT2D eigenvalue weighted by atomic mass is 9.91. The Hall–Kier alpha value is -1.69. The molecule has 0 amide bonds. The van der Waals surface area contributed by atoms with Gasteiger partial charge in [0.15, 0.2) is 5.69 Å². The van der Waals surface area contributed by atoms with Gasteiger partial charge < -0.3 is 14.7 Å². The normalized spacial score (nSPS) is 14.8. The van der Waals surface area contributed by atoms with Crippen LogP contribution >= 0.6 is 0 Å². The van der Waals surface area contributed by atoms with E-state index in [1.54, 1.807) is 6.20 Å². The Balaban J connectivity index is 2.09. The molecule has 6 heteroatoms. The monoisotopic (exact) mass is 265 g/mol. The van der Waals surface area contributed by atoms with Crippen molar-refractivity contribution >= 4 is 11.8 Å². The summed E-state index contributed by atoms with van der Waals surface area (Å²) < 4.78 is 4.59. The maximum absolute atomic E-state index is 11.3. The molecule has 1 aliphatic rings. The van der Waals surface area contributed by atoms with Gasteiger partial charge in [0.2, 0.25) is 0 Å². The van der Waals surface area contributed by atoms with E-state index in [-0.39, 0.29) is 12.3 Å². The molecule has 104 valence electrons. The number of anilines is 1. The SMILES string of the molecule is COC(=O)c1cnc(N(CCCO)C2CCC2)cn1. The smallest absolute Gasteiger partial charge is 0.358 e. The predicted molar refractivity (Wildman–Crippen MR) is 70.1 cm³/mol. The number of esters is 1. The van der Waals surface area contributed by atoms with Crippen molar-refractivity contribution in [1.82, 2.24) is 9.97 Å². The highest BCUT2D eigenvalue weighted by Crippen LogP contribution is 2.28. The highest BCUT2D eigenvalue weighted by molar-refractivity contribution is 5.86. The maximum atomic E-state index is 11.3. The summed E-state index contributed by atoms with van der Waals surface area (Å²) in [7, 11) is 1.32. The Morgan fingerprint density at radius 1 is 1.47 bits per heavy atom. The number of hydrogen-bond donors (Lipinski definition) is 1. The van der Waals surface area contributed by atoms with Crippen LogP contribution in [-0.2, 0) is 4.74 Å². The second-order valence-electron chi connectivity index (χ2n) is 4.61. The fraction of sp³-hybridized carbons (Fsp3) is 0.615. The molecule has 19 heavy (non-hydrogen) atoms. The summed E-state index contributed by atoms with van der Waals surface area (Å²) in [4.78, 5) is 21.8. The molecule has 0 spiro atoms. The first-order valence-electron chi connectivity index (χ1n) is 6.54. The van der Waals surface area contributed by atoms with Crippen LogP contribution in [0.15, 0.2) is 12.4 Å². The molecule has 0 unspecified atom stereocenters. The molecule has 1 aromatic heterocycles. The van der Waals surface area contributed by atoms with Crippen molar-refractivity contribution in [3.05, 3.63) is 18.1 Å². The van der Waals surface area contributed by atoms with Crippen molar-refractivity contribution in [2.75, 3.05) is 25.2 Å². The molecule has 0 bridgehead atoms. The average molecular weight is 265 g/mol. The zero-order chi connectivity index (χ0) is 13.7. The topological polar surface area (TPSA) is 75.5 Å². The van der Waals surface area contributed by atoms with Crippen LogP contribution < -0.4 is 4.90 Å². The molecule has 1 saturated carbocycles. The number of rotatable bonds is 6. The van der Waals surface area contributed by atoms with Gasteiger partial charge in [0.25, 0.3) is 0 Å². The molecule has 2 rings (SSSR count). The molecular formula is C13H19N3O3. The molecule has 1 aliphatic carbocycles. The summed E-state index contributed by atoms with van der Waals surface area (Å²) in [6.45, 7) is 0.921. The molecule has 0 aliphatic heterocycles. The van der Waals surface area contributed by atoms with Crippen molar-refractivity contribution in [3.8, 4) is 0 Å². The summed E-state index contributed by atoms with van der Waals surface area (Å²) in [5, 5.41) is 8.96. The Morgan fingerprint density at radius 2 is 2.26 bits per heavy atom. The summed E-state index contributed by atoms with van der Waals surface area (Å²) in [5.41, 5.74) is 0.210. The highest BCUT2D eigenvalue weighted by atomic mass is 16.5. The minimum absolute atomic E-state index is 0.164. The van der Waals surface area contributed by atoms with Gasteiger partial charge in [0.1, 0.15) is 5.82 Å². The first-order valence-corrected chi connectivity index (χ1v) is 6.54. The largest absolute Gasteiger partial charge is 0.464 e. The van der Waals surface area contributed by atoms with Crippen molar-refractivity contribution in [3.63, 3.8) is 0 Å². The van der Waals surface area contributed by atoms with E-state index in [1.165, 1.54) is 19.7 Å². The molecule has 0 aromatic carbocycles. The lowest BCUT2D eigenvalue weighted by Crippen LogP contribution is -2.41. The van der Waals surface area contributed by atoms with Crippen LogP contribution in [0.4, 0.5) is 5.82 Å². The lowest BCUT2D eigenvalue weighted by molar-refractivity contribution is 0.0593. The number of carbonyl (C=O) groups is 1. The third-order valence-electron chi connectivity index (χ3n) is 3.40. The van der Waals surface area contributed by atoms with Crippen LogP contribution in [0.2, 0.25) is 0 Å². The fourth-order valence-corrected chi connectivity index (χ4v) is 2.10. The van der Waals surface area contributed by atoms with Gasteiger partial charge in [-0.2, -0.15) is 0 Å². The summed E-state index contributed by atoms with van der Waals surface area (Å²) in [5.74, 6) is 0.274. The van der Waals surface area contributed by atoms with Gasteiger partial charge in [-0.1, -0.05) is 0 Å². The number of methoxy groups -OCH3 is 1. The molecule has 0 saturated heterocycles. The Bertz CT molecular complexity index is 418. The van der Waals surface area contributed by atoms with E-state index in [4.69, 9.17) is 5.11 Å². The first kappa shape index (κ1) is 13.7. The van der Waals surface area contributed by atoms with Gasteiger partial charge in [-0.25, -0.2) is 14.8 Å². The average Bonchev–Trinajstić information content (AvgIpc) is 2.40.